The summed E-state index contributed by atoms with van der Waals surface area (Å²) in [4.78, 5) is 0. The van der Waals surface area contributed by atoms with Crippen LogP contribution in [0.1, 0.15) is 12.8 Å². The monoisotopic (exact) mass is 150 g/mol. The fraction of sp³-hybridized carbons (Fsp3) is 1.00. The third-order valence-corrected chi connectivity index (χ3v) is 2.13. The zero-order valence-electron chi connectivity index (χ0n) is 5.74. The smallest absolute Gasteiger partial charge is 0.249 e. The van der Waals surface area contributed by atoms with Crippen molar-refractivity contribution in [2.75, 3.05) is 13.1 Å². The molecule has 0 aliphatic heterocycles. The quantitative estimate of drug-likeness (QED) is 0.595. The van der Waals surface area contributed by atoms with Crippen molar-refractivity contribution in [2.24, 2.45) is 16.9 Å². The Morgan fingerprint density at radius 1 is 1.10 bits per heavy atom. The van der Waals surface area contributed by atoms with Gasteiger partial charge in [0.15, 0.2) is 0 Å². The van der Waals surface area contributed by atoms with Crippen LogP contribution in [0.3, 0.4) is 0 Å². The van der Waals surface area contributed by atoms with E-state index in [1.54, 1.807) is 0 Å². The molecule has 0 unspecified atom stereocenters. The molecule has 2 nitrogen and oxygen atoms in total. The lowest BCUT2D eigenvalue weighted by molar-refractivity contribution is -0.153. The Bertz CT molecular complexity index is 122. The molecule has 0 saturated heterocycles. The molecule has 60 valence electrons. The van der Waals surface area contributed by atoms with E-state index >= 15 is 0 Å². The average Bonchev–Trinajstić information content (AvgIpc) is 1.82. The standard InChI is InChI=1S/C6H12F2N2/c7-6(8)1-5(2-6,3-9)4-10/h1-4,9-10H2. The predicted molar refractivity (Wildman–Crippen MR) is 34.7 cm³/mol. The number of hydrogen-bond acceptors (Lipinski definition) is 2. The van der Waals surface area contributed by atoms with Gasteiger partial charge in [-0.15, -0.1) is 0 Å². The van der Waals surface area contributed by atoms with Crippen LogP contribution in [0.25, 0.3) is 0 Å². The van der Waals surface area contributed by atoms with Gasteiger partial charge in [0.1, 0.15) is 0 Å². The van der Waals surface area contributed by atoms with E-state index in [1.165, 1.54) is 0 Å². The topological polar surface area (TPSA) is 52.0 Å². The van der Waals surface area contributed by atoms with Gasteiger partial charge < -0.3 is 11.5 Å². The first kappa shape index (κ1) is 7.88. The summed E-state index contributed by atoms with van der Waals surface area (Å²) in [5.74, 6) is -2.50. The third kappa shape index (κ3) is 1.13. The molecule has 0 bridgehead atoms. The molecule has 1 rings (SSSR count). The fourth-order valence-corrected chi connectivity index (χ4v) is 1.42. The van der Waals surface area contributed by atoms with Crippen LogP contribution >= 0.6 is 0 Å². The Morgan fingerprint density at radius 2 is 1.50 bits per heavy atom. The molecular weight excluding hydrogens is 138 g/mol. The predicted octanol–water partition coefficient (Wildman–Crippen LogP) is 0.319. The second-order valence-corrected chi connectivity index (χ2v) is 3.12. The van der Waals surface area contributed by atoms with E-state index in [0.29, 0.717) is 0 Å². The summed E-state index contributed by atoms with van der Waals surface area (Å²) in [6.07, 6.45) is -0.264. The van der Waals surface area contributed by atoms with Crippen LogP contribution in [0.2, 0.25) is 0 Å². The molecule has 4 N–H and O–H groups in total. The first-order chi connectivity index (χ1) is 4.54. The van der Waals surface area contributed by atoms with Crippen LogP contribution in [0.15, 0.2) is 0 Å². The van der Waals surface area contributed by atoms with Gasteiger partial charge in [0.05, 0.1) is 0 Å². The molecule has 0 heterocycles. The van der Waals surface area contributed by atoms with Gasteiger partial charge in [-0.1, -0.05) is 0 Å². The number of halogens is 2. The molecule has 0 aromatic heterocycles. The Hall–Kier alpha value is -0.220. The molecule has 1 fully saturated rings. The lowest BCUT2D eigenvalue weighted by Crippen LogP contribution is -2.54. The van der Waals surface area contributed by atoms with E-state index in [1.807, 2.05) is 0 Å². The fourth-order valence-electron chi connectivity index (χ4n) is 1.42. The maximum Gasteiger partial charge on any atom is 0.249 e. The van der Waals surface area contributed by atoms with Crippen LogP contribution in [0.4, 0.5) is 8.78 Å². The number of nitrogens with two attached hydrogens (primary N) is 2. The molecule has 10 heavy (non-hydrogen) atoms. The van der Waals surface area contributed by atoms with Gasteiger partial charge in [-0.25, -0.2) is 8.78 Å². The van der Waals surface area contributed by atoms with Crippen molar-refractivity contribution in [1.82, 2.24) is 0 Å². The molecule has 4 heteroatoms. The SMILES string of the molecule is NCC1(CN)CC(F)(F)C1. The van der Waals surface area contributed by atoms with Gasteiger partial charge >= 0.3 is 0 Å². The molecule has 0 atom stereocenters. The van der Waals surface area contributed by atoms with Crippen molar-refractivity contribution in [2.45, 2.75) is 18.8 Å². The van der Waals surface area contributed by atoms with Crippen molar-refractivity contribution in [3.8, 4) is 0 Å². The van der Waals surface area contributed by atoms with Crippen LogP contribution < -0.4 is 11.5 Å². The molecule has 0 spiro atoms. The Kier molecular flexibility index (Phi) is 1.68. The molecular formula is C6H12F2N2. The highest BCUT2D eigenvalue weighted by atomic mass is 19.3. The van der Waals surface area contributed by atoms with Crippen molar-refractivity contribution in [1.29, 1.82) is 0 Å². The number of hydrogen-bond donors (Lipinski definition) is 2. The first-order valence-corrected chi connectivity index (χ1v) is 3.32. The summed E-state index contributed by atoms with van der Waals surface area (Å²) in [5.41, 5.74) is 10.1. The highest BCUT2D eigenvalue weighted by molar-refractivity contribution is 5.00. The molecule has 0 aromatic carbocycles. The van der Waals surface area contributed by atoms with Gasteiger partial charge in [0.2, 0.25) is 5.92 Å². The van der Waals surface area contributed by atoms with Crippen molar-refractivity contribution >= 4 is 0 Å². The van der Waals surface area contributed by atoms with Gasteiger partial charge in [0, 0.05) is 18.3 Å². The van der Waals surface area contributed by atoms with Crippen LogP contribution in [-0.2, 0) is 0 Å². The van der Waals surface area contributed by atoms with Crippen molar-refractivity contribution in [3.63, 3.8) is 0 Å². The second kappa shape index (κ2) is 2.13. The van der Waals surface area contributed by atoms with Gasteiger partial charge in [-0.2, -0.15) is 0 Å². The maximum absolute atomic E-state index is 12.3. The van der Waals surface area contributed by atoms with E-state index < -0.39 is 11.3 Å². The molecule has 1 aliphatic carbocycles. The summed E-state index contributed by atoms with van der Waals surface area (Å²) in [7, 11) is 0. The summed E-state index contributed by atoms with van der Waals surface area (Å²) in [6, 6.07) is 0. The molecule has 1 saturated carbocycles. The minimum absolute atomic E-state index is 0.132. The van der Waals surface area contributed by atoms with Crippen LogP contribution in [-0.4, -0.2) is 19.0 Å². The normalized spacial score (nSPS) is 27.6. The Morgan fingerprint density at radius 3 is 1.60 bits per heavy atom. The number of rotatable bonds is 2. The first-order valence-electron chi connectivity index (χ1n) is 3.32. The number of alkyl halides is 2. The Labute approximate surface area is 58.6 Å². The van der Waals surface area contributed by atoms with Gasteiger partial charge in [0.25, 0.3) is 0 Å². The summed E-state index contributed by atoms with van der Waals surface area (Å²) < 4.78 is 24.6. The Balaban J connectivity index is 2.46. The molecule has 0 radical (unpaired) electrons. The zero-order valence-corrected chi connectivity index (χ0v) is 5.74. The average molecular weight is 150 g/mol. The van der Waals surface area contributed by atoms with E-state index in [9.17, 15) is 8.78 Å². The summed E-state index contributed by atoms with van der Waals surface area (Å²) in [6.45, 7) is 0.554. The zero-order chi connectivity index (χ0) is 7.83. The summed E-state index contributed by atoms with van der Waals surface area (Å²) >= 11 is 0. The van der Waals surface area contributed by atoms with Gasteiger partial charge in [-0.3, -0.25) is 0 Å². The van der Waals surface area contributed by atoms with Crippen molar-refractivity contribution < 1.29 is 8.78 Å². The van der Waals surface area contributed by atoms with E-state index in [0.717, 1.165) is 0 Å². The second-order valence-electron chi connectivity index (χ2n) is 3.12. The van der Waals surface area contributed by atoms with E-state index in [-0.39, 0.29) is 25.9 Å². The minimum atomic E-state index is -2.50. The highest BCUT2D eigenvalue weighted by Gasteiger charge is 2.54. The highest BCUT2D eigenvalue weighted by Crippen LogP contribution is 2.50. The maximum atomic E-state index is 12.3. The van der Waals surface area contributed by atoms with Crippen molar-refractivity contribution in [3.05, 3.63) is 0 Å². The van der Waals surface area contributed by atoms with Crippen LogP contribution in [0, 0.1) is 5.41 Å². The molecule has 0 aromatic rings. The minimum Gasteiger partial charge on any atom is -0.330 e. The third-order valence-electron chi connectivity index (χ3n) is 2.13. The lowest BCUT2D eigenvalue weighted by Gasteiger charge is -2.45. The largest absolute Gasteiger partial charge is 0.330 e. The van der Waals surface area contributed by atoms with Crippen LogP contribution in [0.5, 0.6) is 0 Å². The van der Waals surface area contributed by atoms with Gasteiger partial charge in [-0.05, 0) is 13.1 Å². The summed E-state index contributed by atoms with van der Waals surface area (Å²) in [5, 5.41) is 0. The lowest BCUT2D eigenvalue weighted by atomic mass is 9.66. The van der Waals surface area contributed by atoms with E-state index in [2.05, 4.69) is 0 Å². The molecule has 0 amide bonds. The molecule has 1 aliphatic rings. The van der Waals surface area contributed by atoms with E-state index in [4.69, 9.17) is 11.5 Å².